The minimum absolute atomic E-state index is 0.102. The number of nitriles is 1. The van der Waals surface area contributed by atoms with E-state index < -0.39 is 11.6 Å². The van der Waals surface area contributed by atoms with Crippen LogP contribution in [0, 0.1) is 11.3 Å². The summed E-state index contributed by atoms with van der Waals surface area (Å²) in [6.07, 6.45) is 6.49. The number of aromatic nitrogens is 1. The van der Waals surface area contributed by atoms with Crippen LogP contribution in [0.15, 0.2) is 18.3 Å². The van der Waals surface area contributed by atoms with E-state index in [-0.39, 0.29) is 5.91 Å². The molecule has 0 aromatic carbocycles. The molecule has 20 heavy (non-hydrogen) atoms. The molecule has 1 aromatic rings. The lowest BCUT2D eigenvalue weighted by atomic mass is 9.79. The number of piperidine rings is 1. The van der Waals surface area contributed by atoms with Crippen LogP contribution in [0.1, 0.15) is 42.6 Å². The Kier molecular flexibility index (Phi) is 3.49. The van der Waals surface area contributed by atoms with Crippen molar-refractivity contribution in [2.24, 2.45) is 0 Å². The maximum Gasteiger partial charge on any atom is 0.271 e. The standard InChI is InChI=1S/C15H19N3O2/c16-11-13-15(6-1-2-10-20-15)7-4-9-18(13)14(19)12-5-3-8-17-12/h3,5,8,13,17H,1-2,4,6-7,9-10H2/t13-,15+/m0/s1. The Labute approximate surface area is 118 Å². The number of rotatable bonds is 1. The largest absolute Gasteiger partial charge is 0.372 e. The molecule has 2 saturated heterocycles. The fourth-order valence-corrected chi connectivity index (χ4v) is 3.41. The number of amides is 1. The minimum Gasteiger partial charge on any atom is -0.372 e. The zero-order chi connectivity index (χ0) is 14.0. The van der Waals surface area contributed by atoms with E-state index in [9.17, 15) is 10.1 Å². The van der Waals surface area contributed by atoms with E-state index in [0.29, 0.717) is 18.8 Å². The third-order valence-electron chi connectivity index (χ3n) is 4.40. The van der Waals surface area contributed by atoms with E-state index in [1.54, 1.807) is 23.2 Å². The van der Waals surface area contributed by atoms with Crippen LogP contribution in [0.25, 0.3) is 0 Å². The molecule has 1 N–H and O–H groups in total. The Morgan fingerprint density at radius 1 is 1.45 bits per heavy atom. The molecule has 1 aromatic heterocycles. The quantitative estimate of drug-likeness (QED) is 0.851. The molecule has 106 valence electrons. The summed E-state index contributed by atoms with van der Waals surface area (Å²) in [6.45, 7) is 1.32. The van der Waals surface area contributed by atoms with Gasteiger partial charge < -0.3 is 14.6 Å². The Morgan fingerprint density at radius 3 is 2.95 bits per heavy atom. The number of hydrogen-bond donors (Lipinski definition) is 1. The molecule has 0 bridgehead atoms. The maximum absolute atomic E-state index is 12.5. The number of H-pyrrole nitrogens is 1. The number of likely N-dealkylation sites (tertiary alicyclic amines) is 1. The molecular weight excluding hydrogens is 254 g/mol. The van der Waals surface area contributed by atoms with Crippen LogP contribution in [-0.2, 0) is 4.74 Å². The van der Waals surface area contributed by atoms with Crippen molar-refractivity contribution in [1.82, 2.24) is 9.88 Å². The zero-order valence-electron chi connectivity index (χ0n) is 11.5. The summed E-state index contributed by atoms with van der Waals surface area (Å²) in [4.78, 5) is 17.2. The monoisotopic (exact) mass is 273 g/mol. The molecule has 0 unspecified atom stereocenters. The summed E-state index contributed by atoms with van der Waals surface area (Å²) < 4.78 is 5.98. The minimum atomic E-state index is -0.479. The lowest BCUT2D eigenvalue weighted by Gasteiger charge is -2.48. The molecule has 2 aliphatic rings. The average Bonchev–Trinajstić information content (AvgIpc) is 3.01. The molecule has 5 heteroatoms. The maximum atomic E-state index is 12.5. The van der Waals surface area contributed by atoms with E-state index in [0.717, 1.165) is 32.1 Å². The van der Waals surface area contributed by atoms with Crippen molar-refractivity contribution in [2.75, 3.05) is 13.2 Å². The normalized spacial score (nSPS) is 30.1. The molecule has 1 spiro atoms. The number of aromatic amines is 1. The van der Waals surface area contributed by atoms with Gasteiger partial charge in [-0.25, -0.2) is 0 Å². The van der Waals surface area contributed by atoms with Crippen molar-refractivity contribution in [1.29, 1.82) is 5.26 Å². The van der Waals surface area contributed by atoms with Crippen molar-refractivity contribution in [3.05, 3.63) is 24.0 Å². The highest BCUT2D eigenvalue weighted by Gasteiger charge is 2.48. The predicted molar refractivity (Wildman–Crippen MR) is 73.0 cm³/mol. The van der Waals surface area contributed by atoms with Crippen molar-refractivity contribution in [3.8, 4) is 6.07 Å². The van der Waals surface area contributed by atoms with Gasteiger partial charge in [-0.2, -0.15) is 5.26 Å². The van der Waals surface area contributed by atoms with Gasteiger partial charge in [-0.1, -0.05) is 0 Å². The first-order valence-electron chi connectivity index (χ1n) is 7.25. The first-order valence-corrected chi connectivity index (χ1v) is 7.25. The van der Waals surface area contributed by atoms with Gasteiger partial charge in [0.25, 0.3) is 5.91 Å². The van der Waals surface area contributed by atoms with Gasteiger partial charge in [0.15, 0.2) is 0 Å². The van der Waals surface area contributed by atoms with Crippen molar-refractivity contribution in [2.45, 2.75) is 43.7 Å². The SMILES string of the molecule is N#C[C@@H]1N(C(=O)c2ccc[nH]2)CCC[C@]12CCCCO2. The fourth-order valence-electron chi connectivity index (χ4n) is 3.41. The number of nitrogens with one attached hydrogen (secondary N) is 1. The molecule has 3 heterocycles. The number of hydrogen-bond acceptors (Lipinski definition) is 3. The summed E-state index contributed by atoms with van der Waals surface area (Å²) in [5, 5.41) is 9.59. The first-order chi connectivity index (χ1) is 9.77. The van der Waals surface area contributed by atoms with Gasteiger partial charge >= 0.3 is 0 Å². The molecule has 0 aliphatic carbocycles. The van der Waals surface area contributed by atoms with E-state index in [1.807, 2.05) is 0 Å². The lowest BCUT2D eigenvalue weighted by molar-refractivity contribution is -0.128. The third-order valence-corrected chi connectivity index (χ3v) is 4.40. The summed E-state index contributed by atoms with van der Waals surface area (Å²) in [5.41, 5.74) is 0.0890. The van der Waals surface area contributed by atoms with Crippen LogP contribution < -0.4 is 0 Å². The summed E-state index contributed by atoms with van der Waals surface area (Å²) in [7, 11) is 0. The third kappa shape index (κ3) is 2.10. The molecule has 5 nitrogen and oxygen atoms in total. The molecule has 2 atom stereocenters. The van der Waals surface area contributed by atoms with E-state index in [1.165, 1.54) is 0 Å². The second-order valence-corrected chi connectivity index (χ2v) is 5.59. The smallest absolute Gasteiger partial charge is 0.271 e. The molecule has 1 amide bonds. The second-order valence-electron chi connectivity index (χ2n) is 5.59. The highest BCUT2D eigenvalue weighted by molar-refractivity contribution is 5.93. The van der Waals surface area contributed by atoms with E-state index in [2.05, 4.69) is 11.1 Å². The molecule has 0 saturated carbocycles. The molecule has 0 radical (unpaired) electrons. The van der Waals surface area contributed by atoms with Gasteiger partial charge in [-0.05, 0) is 44.2 Å². The highest BCUT2D eigenvalue weighted by atomic mass is 16.5. The second kappa shape index (κ2) is 5.29. The average molecular weight is 273 g/mol. The first kappa shape index (κ1) is 13.2. The molecule has 3 rings (SSSR count). The van der Waals surface area contributed by atoms with Gasteiger partial charge in [0.1, 0.15) is 17.3 Å². The van der Waals surface area contributed by atoms with Crippen LogP contribution in [0.3, 0.4) is 0 Å². The van der Waals surface area contributed by atoms with Gasteiger partial charge in [-0.15, -0.1) is 0 Å². The van der Waals surface area contributed by atoms with Crippen LogP contribution in [0.5, 0.6) is 0 Å². The van der Waals surface area contributed by atoms with Crippen molar-refractivity contribution < 1.29 is 9.53 Å². The Bertz CT molecular complexity index is 506. The summed E-state index contributed by atoms with van der Waals surface area (Å²) in [6, 6.07) is 5.39. The van der Waals surface area contributed by atoms with Gasteiger partial charge in [0.05, 0.1) is 6.07 Å². The number of ether oxygens (including phenoxy) is 1. The highest BCUT2D eigenvalue weighted by Crippen LogP contribution is 2.38. The summed E-state index contributed by atoms with van der Waals surface area (Å²) >= 11 is 0. The lowest BCUT2D eigenvalue weighted by Crippen LogP contribution is -2.60. The zero-order valence-corrected chi connectivity index (χ0v) is 11.5. The van der Waals surface area contributed by atoms with E-state index in [4.69, 9.17) is 4.74 Å². The Morgan fingerprint density at radius 2 is 2.30 bits per heavy atom. The summed E-state index contributed by atoms with van der Waals surface area (Å²) in [5.74, 6) is -0.102. The van der Waals surface area contributed by atoms with Crippen LogP contribution >= 0.6 is 0 Å². The van der Waals surface area contributed by atoms with Crippen molar-refractivity contribution >= 4 is 5.91 Å². The van der Waals surface area contributed by atoms with Crippen LogP contribution in [0.4, 0.5) is 0 Å². The van der Waals surface area contributed by atoms with Gasteiger partial charge in [0, 0.05) is 19.3 Å². The number of nitrogens with zero attached hydrogens (tertiary/aromatic N) is 2. The molecular formula is C15H19N3O2. The number of carbonyl (C=O) groups excluding carboxylic acids is 1. The van der Waals surface area contributed by atoms with E-state index >= 15 is 0 Å². The predicted octanol–water partition coefficient (Wildman–Crippen LogP) is 2.08. The Hall–Kier alpha value is -1.80. The molecule has 2 aliphatic heterocycles. The fraction of sp³-hybridized carbons (Fsp3) is 0.600. The molecule has 2 fully saturated rings. The van der Waals surface area contributed by atoms with Gasteiger partial charge in [-0.3, -0.25) is 4.79 Å². The van der Waals surface area contributed by atoms with Crippen molar-refractivity contribution in [3.63, 3.8) is 0 Å². The van der Waals surface area contributed by atoms with Crippen LogP contribution in [-0.4, -0.2) is 40.6 Å². The Balaban J connectivity index is 1.87. The topological polar surface area (TPSA) is 69.1 Å². The number of carbonyl (C=O) groups is 1. The van der Waals surface area contributed by atoms with Crippen LogP contribution in [0.2, 0.25) is 0 Å². The van der Waals surface area contributed by atoms with Gasteiger partial charge in [0.2, 0.25) is 0 Å².